The third-order valence-corrected chi connectivity index (χ3v) is 3.29. The van der Waals surface area contributed by atoms with E-state index in [0.717, 1.165) is 16.7 Å². The number of hydrogen-bond acceptors (Lipinski definition) is 2. The van der Waals surface area contributed by atoms with Crippen molar-refractivity contribution in [1.29, 1.82) is 0 Å². The Morgan fingerprint density at radius 2 is 1.50 bits per heavy atom. The van der Waals surface area contributed by atoms with Gasteiger partial charge in [-0.25, -0.2) is 0 Å². The Bertz CT molecular complexity index is 334. The Kier molecular flexibility index (Phi) is 4.11. The lowest BCUT2D eigenvalue weighted by Gasteiger charge is -2.31. The Hall–Kier alpha value is -0.860. The maximum absolute atomic E-state index is 10.3. The van der Waals surface area contributed by atoms with Gasteiger partial charge in [-0.15, -0.1) is 0 Å². The normalized spacial score (nSPS) is 13.9. The van der Waals surface area contributed by atoms with E-state index in [9.17, 15) is 10.2 Å². The van der Waals surface area contributed by atoms with E-state index in [1.165, 1.54) is 0 Å². The largest absolute Gasteiger partial charge is 0.387 e. The fraction of sp³-hybridized carbons (Fsp3) is 0.571. The molecule has 2 heteroatoms. The first-order valence-electron chi connectivity index (χ1n) is 5.91. The SMILES string of the molecule is CCC(O)(CC)C(O)c1cc(C)cc(C)c1. The third kappa shape index (κ3) is 2.63. The monoisotopic (exact) mass is 222 g/mol. The van der Waals surface area contributed by atoms with E-state index in [4.69, 9.17) is 0 Å². The summed E-state index contributed by atoms with van der Waals surface area (Å²) < 4.78 is 0. The highest BCUT2D eigenvalue weighted by molar-refractivity contribution is 5.31. The van der Waals surface area contributed by atoms with Gasteiger partial charge in [-0.05, 0) is 32.3 Å². The van der Waals surface area contributed by atoms with Crippen LogP contribution in [-0.2, 0) is 0 Å². The topological polar surface area (TPSA) is 40.5 Å². The van der Waals surface area contributed by atoms with Crippen molar-refractivity contribution in [3.8, 4) is 0 Å². The molecule has 0 saturated carbocycles. The summed E-state index contributed by atoms with van der Waals surface area (Å²) in [4.78, 5) is 0. The molecule has 1 atom stereocenters. The molecule has 0 aliphatic rings. The minimum Gasteiger partial charge on any atom is -0.387 e. The molecule has 0 aromatic heterocycles. The van der Waals surface area contributed by atoms with Crippen LogP contribution in [0.25, 0.3) is 0 Å². The van der Waals surface area contributed by atoms with E-state index >= 15 is 0 Å². The lowest BCUT2D eigenvalue weighted by Crippen LogP contribution is -2.34. The molecule has 0 saturated heterocycles. The van der Waals surface area contributed by atoms with Gasteiger partial charge in [-0.1, -0.05) is 43.2 Å². The van der Waals surface area contributed by atoms with Crippen LogP contribution in [0.15, 0.2) is 18.2 Å². The quantitative estimate of drug-likeness (QED) is 0.822. The third-order valence-electron chi connectivity index (χ3n) is 3.29. The number of hydrogen-bond donors (Lipinski definition) is 2. The number of aliphatic hydroxyl groups excluding tert-OH is 1. The zero-order valence-corrected chi connectivity index (χ0v) is 10.6. The first-order chi connectivity index (χ1) is 7.42. The second kappa shape index (κ2) is 4.98. The van der Waals surface area contributed by atoms with E-state index in [0.29, 0.717) is 12.8 Å². The second-order valence-corrected chi connectivity index (χ2v) is 4.63. The Morgan fingerprint density at radius 1 is 1.06 bits per heavy atom. The summed E-state index contributed by atoms with van der Waals surface area (Å²) in [5, 5.41) is 20.5. The number of rotatable bonds is 4. The second-order valence-electron chi connectivity index (χ2n) is 4.63. The van der Waals surface area contributed by atoms with Crippen LogP contribution in [0.5, 0.6) is 0 Å². The highest BCUT2D eigenvalue weighted by atomic mass is 16.3. The smallest absolute Gasteiger partial charge is 0.108 e. The van der Waals surface area contributed by atoms with Crippen molar-refractivity contribution in [2.24, 2.45) is 0 Å². The molecule has 1 rings (SSSR count). The molecule has 2 nitrogen and oxygen atoms in total. The van der Waals surface area contributed by atoms with Crippen molar-refractivity contribution in [2.45, 2.75) is 52.2 Å². The predicted molar refractivity (Wildman–Crippen MR) is 66.4 cm³/mol. The molecule has 2 N–H and O–H groups in total. The lowest BCUT2D eigenvalue weighted by molar-refractivity contribution is -0.0821. The molecular weight excluding hydrogens is 200 g/mol. The Balaban J connectivity index is 3.08. The summed E-state index contributed by atoms with van der Waals surface area (Å²) in [5.74, 6) is 0. The van der Waals surface area contributed by atoms with Crippen molar-refractivity contribution < 1.29 is 10.2 Å². The standard InChI is InChI=1S/C14H22O2/c1-5-14(16,6-2)13(15)12-8-10(3)7-11(4)9-12/h7-9,13,15-16H,5-6H2,1-4H3. The van der Waals surface area contributed by atoms with Gasteiger partial charge in [0, 0.05) is 0 Å². The van der Waals surface area contributed by atoms with Crippen molar-refractivity contribution in [3.63, 3.8) is 0 Å². The highest BCUT2D eigenvalue weighted by Gasteiger charge is 2.33. The molecule has 0 spiro atoms. The Labute approximate surface area is 97.9 Å². The van der Waals surface area contributed by atoms with Crippen LogP contribution in [0, 0.1) is 13.8 Å². The van der Waals surface area contributed by atoms with Crippen molar-refractivity contribution >= 4 is 0 Å². The molecule has 1 aromatic carbocycles. The van der Waals surface area contributed by atoms with E-state index in [-0.39, 0.29) is 0 Å². The van der Waals surface area contributed by atoms with Gasteiger partial charge in [-0.2, -0.15) is 0 Å². The van der Waals surface area contributed by atoms with Gasteiger partial charge in [0.15, 0.2) is 0 Å². The number of benzene rings is 1. The molecular formula is C14H22O2. The van der Waals surface area contributed by atoms with Crippen LogP contribution < -0.4 is 0 Å². The van der Waals surface area contributed by atoms with Crippen LogP contribution >= 0.6 is 0 Å². The van der Waals surface area contributed by atoms with Crippen LogP contribution in [0.2, 0.25) is 0 Å². The molecule has 0 aliphatic heterocycles. The molecule has 90 valence electrons. The molecule has 1 aromatic rings. The Morgan fingerprint density at radius 3 is 1.88 bits per heavy atom. The first-order valence-corrected chi connectivity index (χ1v) is 5.91. The van der Waals surface area contributed by atoms with Crippen molar-refractivity contribution in [2.75, 3.05) is 0 Å². The average molecular weight is 222 g/mol. The molecule has 0 amide bonds. The predicted octanol–water partition coefficient (Wildman–Crippen LogP) is 2.89. The van der Waals surface area contributed by atoms with Gasteiger partial charge in [0.1, 0.15) is 6.10 Å². The summed E-state index contributed by atoms with van der Waals surface area (Å²) in [6, 6.07) is 5.94. The highest BCUT2D eigenvalue weighted by Crippen LogP contribution is 2.32. The van der Waals surface area contributed by atoms with Gasteiger partial charge in [0.2, 0.25) is 0 Å². The van der Waals surface area contributed by atoms with E-state index in [1.807, 2.05) is 39.8 Å². The molecule has 0 radical (unpaired) electrons. The summed E-state index contributed by atoms with van der Waals surface area (Å²) in [6.45, 7) is 7.80. The fourth-order valence-corrected chi connectivity index (χ4v) is 2.11. The summed E-state index contributed by atoms with van der Waals surface area (Å²) >= 11 is 0. The van der Waals surface area contributed by atoms with E-state index in [2.05, 4.69) is 6.07 Å². The zero-order chi connectivity index (χ0) is 12.3. The summed E-state index contributed by atoms with van der Waals surface area (Å²) in [7, 11) is 0. The van der Waals surface area contributed by atoms with Crippen molar-refractivity contribution in [3.05, 3.63) is 34.9 Å². The molecule has 0 heterocycles. The van der Waals surface area contributed by atoms with Crippen LogP contribution in [0.4, 0.5) is 0 Å². The van der Waals surface area contributed by atoms with Gasteiger partial charge < -0.3 is 10.2 Å². The van der Waals surface area contributed by atoms with Crippen LogP contribution in [0.3, 0.4) is 0 Å². The zero-order valence-electron chi connectivity index (χ0n) is 10.6. The van der Waals surface area contributed by atoms with Crippen LogP contribution in [-0.4, -0.2) is 15.8 Å². The first kappa shape index (κ1) is 13.2. The molecule has 1 unspecified atom stereocenters. The maximum atomic E-state index is 10.3. The maximum Gasteiger partial charge on any atom is 0.108 e. The molecule has 0 bridgehead atoms. The fourth-order valence-electron chi connectivity index (χ4n) is 2.11. The van der Waals surface area contributed by atoms with Gasteiger partial charge in [0.25, 0.3) is 0 Å². The summed E-state index contributed by atoms with van der Waals surface area (Å²) in [5.41, 5.74) is 2.02. The van der Waals surface area contributed by atoms with Crippen molar-refractivity contribution in [1.82, 2.24) is 0 Å². The van der Waals surface area contributed by atoms with Gasteiger partial charge in [0.05, 0.1) is 5.60 Å². The number of aliphatic hydroxyl groups is 2. The van der Waals surface area contributed by atoms with Crippen LogP contribution in [0.1, 0.15) is 49.5 Å². The van der Waals surface area contributed by atoms with Gasteiger partial charge in [-0.3, -0.25) is 0 Å². The minimum atomic E-state index is -1.01. The number of aryl methyl sites for hydroxylation is 2. The van der Waals surface area contributed by atoms with Gasteiger partial charge >= 0.3 is 0 Å². The summed E-state index contributed by atoms with van der Waals surface area (Å²) in [6.07, 6.45) is 0.302. The lowest BCUT2D eigenvalue weighted by atomic mass is 9.85. The minimum absolute atomic E-state index is 0.553. The van der Waals surface area contributed by atoms with E-state index in [1.54, 1.807) is 0 Å². The average Bonchev–Trinajstić information content (AvgIpc) is 2.25. The molecule has 16 heavy (non-hydrogen) atoms. The molecule has 0 fully saturated rings. The van der Waals surface area contributed by atoms with E-state index < -0.39 is 11.7 Å². The molecule has 0 aliphatic carbocycles.